The maximum Gasteiger partial charge on any atom is 0.527 e. The van der Waals surface area contributed by atoms with Gasteiger partial charge in [0.15, 0.2) is 5.96 Å². The third-order valence-corrected chi connectivity index (χ3v) is 13.1. The lowest BCUT2D eigenvalue weighted by Crippen LogP contribution is -2.63. The summed E-state index contributed by atoms with van der Waals surface area (Å²) in [7, 11) is 0.901. The van der Waals surface area contributed by atoms with Crippen molar-refractivity contribution in [3.63, 3.8) is 0 Å². The van der Waals surface area contributed by atoms with E-state index < -0.39 is 141 Å². The maximum atomic E-state index is 14.4. The number of quaternary nitrogens is 1. The predicted molar refractivity (Wildman–Crippen MR) is 287 cm³/mol. The van der Waals surface area contributed by atoms with Crippen LogP contribution in [0.25, 0.3) is 0 Å². The topological polar surface area (TPSA) is 488 Å². The molecule has 0 spiro atoms. The number of aromatic hydroxyl groups is 1. The number of phosphoric acid groups is 1. The van der Waals surface area contributed by atoms with Crippen molar-refractivity contribution in [2.24, 2.45) is 28.1 Å². The number of aliphatic hydroxyl groups excluding tert-OH is 4. The molecule has 2 rings (SSSR count). The van der Waals surface area contributed by atoms with E-state index >= 15 is 0 Å². The fourth-order valence-corrected chi connectivity index (χ4v) is 7.87. The molecule has 2 aromatic carbocycles. The number of phenols is 1. The Morgan fingerprint density at radius 1 is 0.650 bits per heavy atom. The Labute approximate surface area is 462 Å². The fraction of sp³-hybridized carbons (Fsp3) is 0.571. The van der Waals surface area contributed by atoms with Crippen molar-refractivity contribution < 1.29 is 92.0 Å². The van der Waals surface area contributed by atoms with Crippen LogP contribution in [0.4, 0.5) is 0 Å². The first-order chi connectivity index (χ1) is 37.3. The molecule has 0 aliphatic carbocycles. The molecule has 0 fully saturated rings. The lowest BCUT2D eigenvalue weighted by Gasteiger charge is -2.29. The first-order valence-electron chi connectivity index (χ1n) is 25.4. The smallest absolute Gasteiger partial charge is 0.508 e. The summed E-state index contributed by atoms with van der Waals surface area (Å²) in [4.78, 5) is 122. The van der Waals surface area contributed by atoms with Gasteiger partial charge in [-0.2, -0.15) is 0 Å². The number of carbonyl (C=O) groups excluding carboxylic acids is 7. The number of phenolic OH excluding ortho intramolecular Hbond substituents is 1. The number of nitrogens with zero attached hydrogens (tertiary/aromatic N) is 2. The number of hydrogen-bond acceptors (Lipinski definition) is 18. The molecule has 0 aliphatic rings. The number of guanidine groups is 1. The van der Waals surface area contributed by atoms with Gasteiger partial charge in [0.05, 0.1) is 46.6 Å². The van der Waals surface area contributed by atoms with Crippen molar-refractivity contribution in [1.29, 1.82) is 0 Å². The molecule has 0 aromatic heterocycles. The van der Waals surface area contributed by atoms with Crippen LogP contribution in [0, 0.1) is 5.92 Å². The summed E-state index contributed by atoms with van der Waals surface area (Å²) >= 11 is 0. The first kappa shape index (κ1) is 69.1. The normalized spacial score (nSPS) is 16.3. The SMILES string of the molecule is CC[C@H](C)[C@H](NC(=O)[C@@H](N)[C@@H](C)O)C(=O)N[C@H](C(=O)N[C@@H](CO)C(=O)N[C@@H](CO)C(=O)N[C@@H](Cc1ccc(OP(=O)(O)OCC[N+](C)(C)C)cc1)C(=O)N[C@@H](Cc1ccc(O)cc1)C(=O)N[C@@H](CCCN=C(N)N)C(=O)O)[C@@H](C)O. The van der Waals surface area contributed by atoms with Gasteiger partial charge in [-0.3, -0.25) is 48.0 Å². The van der Waals surface area contributed by atoms with Crippen molar-refractivity contribution in [1.82, 2.24) is 37.2 Å². The van der Waals surface area contributed by atoms with Gasteiger partial charge in [0.1, 0.15) is 73.0 Å². The molecule has 448 valence electrons. The molecule has 0 saturated carbocycles. The number of amides is 7. The minimum Gasteiger partial charge on any atom is -0.508 e. The summed E-state index contributed by atoms with van der Waals surface area (Å²) < 4.78 is 23.4. The number of carboxylic acid groups (broad SMARTS) is 1. The number of benzene rings is 2. The summed E-state index contributed by atoms with van der Waals surface area (Å²) in [6.45, 7) is 3.61. The van der Waals surface area contributed by atoms with E-state index in [-0.39, 0.29) is 55.4 Å². The van der Waals surface area contributed by atoms with Gasteiger partial charge in [-0.05, 0) is 68.0 Å². The molecule has 2 aromatic rings. The Morgan fingerprint density at radius 3 is 1.52 bits per heavy atom. The van der Waals surface area contributed by atoms with Crippen molar-refractivity contribution in [2.75, 3.05) is 54.1 Å². The van der Waals surface area contributed by atoms with E-state index in [4.69, 9.17) is 26.2 Å². The monoisotopic (exact) mass is 1160 g/mol. The number of nitrogens with one attached hydrogen (secondary N) is 7. The lowest BCUT2D eigenvalue weighted by atomic mass is 9.97. The number of nitrogens with two attached hydrogens (primary N) is 3. The Bertz CT molecular complexity index is 2460. The van der Waals surface area contributed by atoms with Gasteiger partial charge in [-0.25, -0.2) is 9.36 Å². The highest BCUT2D eigenvalue weighted by Gasteiger charge is 2.37. The van der Waals surface area contributed by atoms with Gasteiger partial charge in [-0.15, -0.1) is 0 Å². The highest BCUT2D eigenvalue weighted by molar-refractivity contribution is 7.47. The molecule has 0 radical (unpaired) electrons. The molecule has 31 heteroatoms. The summed E-state index contributed by atoms with van der Waals surface area (Å²) in [5.41, 5.74) is 17.1. The van der Waals surface area contributed by atoms with Gasteiger partial charge in [0.2, 0.25) is 41.4 Å². The second-order valence-electron chi connectivity index (χ2n) is 19.9. The molecule has 7 amide bonds. The zero-order valence-corrected chi connectivity index (χ0v) is 46.6. The van der Waals surface area contributed by atoms with Gasteiger partial charge in [0, 0.05) is 19.4 Å². The van der Waals surface area contributed by atoms with Gasteiger partial charge in [0.25, 0.3) is 0 Å². The van der Waals surface area contributed by atoms with E-state index in [2.05, 4.69) is 42.2 Å². The number of hydrogen-bond donors (Lipinski definition) is 17. The minimum atomic E-state index is -4.62. The number of rotatable bonds is 35. The number of carbonyl (C=O) groups is 8. The summed E-state index contributed by atoms with van der Waals surface area (Å²) in [5.74, 6) is -10.2. The van der Waals surface area contributed by atoms with Crippen LogP contribution in [-0.2, 0) is 60.3 Å². The van der Waals surface area contributed by atoms with Gasteiger partial charge < -0.3 is 94.1 Å². The number of phosphoric ester groups is 1. The third kappa shape index (κ3) is 24.6. The van der Waals surface area contributed by atoms with Crippen LogP contribution in [0.2, 0.25) is 0 Å². The fourth-order valence-electron chi connectivity index (χ4n) is 7.12. The molecular weight excluding hydrogens is 1080 g/mol. The van der Waals surface area contributed by atoms with E-state index in [9.17, 15) is 78.5 Å². The van der Waals surface area contributed by atoms with Crippen molar-refractivity contribution in [3.8, 4) is 11.5 Å². The average Bonchev–Trinajstić information content (AvgIpc) is 3.38. The maximum absolute atomic E-state index is 14.4. The molecule has 20 N–H and O–H groups in total. The first-order valence-corrected chi connectivity index (χ1v) is 26.9. The van der Waals surface area contributed by atoms with Crippen LogP contribution in [0.3, 0.4) is 0 Å². The highest BCUT2D eigenvalue weighted by atomic mass is 31.2. The molecule has 0 aliphatic heterocycles. The zero-order chi connectivity index (χ0) is 60.7. The van der Waals surface area contributed by atoms with Gasteiger partial charge in [-0.1, -0.05) is 44.5 Å². The summed E-state index contributed by atoms with van der Waals surface area (Å²) in [5, 5.41) is 77.2. The summed E-state index contributed by atoms with van der Waals surface area (Å²) in [6, 6.07) is -2.59. The second kappa shape index (κ2) is 32.9. The molecule has 12 atom stereocenters. The van der Waals surface area contributed by atoms with Crippen LogP contribution >= 0.6 is 7.82 Å². The molecule has 30 nitrogen and oxygen atoms in total. The minimum absolute atomic E-state index is 0.0214. The number of carboxylic acids is 1. The number of likely N-dealkylation sites (N-methyl/N-ethyl adjacent to an activating group) is 1. The Hall–Kier alpha value is -7.02. The number of aliphatic imine (C=N–C) groups is 1. The quantitative estimate of drug-likeness (QED) is 0.0101. The van der Waals surface area contributed by atoms with Crippen LogP contribution in [-0.4, -0.2) is 208 Å². The standard InChI is InChI=1S/C49H79N12O18P/c1-8-26(2)39(59-45(71)38(50)27(3)64)46(72)60-40(28(4)65)47(73)58-37(25-63)44(70)57-36(24-62)43(69)56-35(23-30-13-17-32(18-14-30)79-80(76,77)78-21-20-61(5,6)7)42(68)55-34(22-29-11-15-31(66)16-12-29)41(67)54-33(48(74)75)10-9-19-53-49(51)52/h11-18,26-28,33-40,62-65H,8-10,19-25,50H2,1-7H3,(H13-,51,52,53,54,55,56,57,58,59,60,66,67,68,69,70,71,72,73,74,75,76,77)/p+1/t26-,27+,28+,33-,34-,35-,36-,37-,38-,39-,40-/m0/s1. The Kier molecular flexibility index (Phi) is 28.4. The molecule has 0 saturated heterocycles. The highest BCUT2D eigenvalue weighted by Crippen LogP contribution is 2.43. The van der Waals surface area contributed by atoms with Crippen LogP contribution in [0.5, 0.6) is 11.5 Å². The van der Waals surface area contributed by atoms with Crippen molar-refractivity contribution >= 4 is 61.1 Å². The van der Waals surface area contributed by atoms with Gasteiger partial charge >= 0.3 is 13.8 Å². The average molecular weight is 1160 g/mol. The second-order valence-corrected chi connectivity index (χ2v) is 21.3. The number of aliphatic carboxylic acids is 1. The van der Waals surface area contributed by atoms with E-state index in [1.54, 1.807) is 13.8 Å². The third-order valence-electron chi connectivity index (χ3n) is 12.1. The molecule has 0 bridgehead atoms. The molecule has 80 heavy (non-hydrogen) atoms. The van der Waals surface area contributed by atoms with E-state index in [0.717, 1.165) is 6.92 Å². The Morgan fingerprint density at radius 2 is 1.09 bits per heavy atom. The van der Waals surface area contributed by atoms with Crippen LogP contribution < -0.4 is 58.9 Å². The van der Waals surface area contributed by atoms with E-state index in [0.29, 0.717) is 23.0 Å². The molecule has 0 heterocycles. The predicted octanol–water partition coefficient (Wildman–Crippen LogP) is -4.97. The lowest BCUT2D eigenvalue weighted by molar-refractivity contribution is -0.870. The van der Waals surface area contributed by atoms with Crippen LogP contribution in [0.1, 0.15) is 58.1 Å². The summed E-state index contributed by atoms with van der Waals surface area (Å²) in [6.07, 6.45) is -3.40. The Balaban J connectivity index is 2.51. The van der Waals surface area contributed by atoms with Crippen molar-refractivity contribution in [2.45, 2.75) is 120 Å². The zero-order valence-electron chi connectivity index (χ0n) is 45.7. The van der Waals surface area contributed by atoms with E-state index in [1.807, 2.05) is 21.1 Å². The largest absolute Gasteiger partial charge is 0.527 e. The molecular formula is C49H80N12O18P+. The number of aliphatic hydroxyl groups is 4. The van der Waals surface area contributed by atoms with Crippen molar-refractivity contribution in [3.05, 3.63) is 59.7 Å². The molecule has 1 unspecified atom stereocenters. The van der Waals surface area contributed by atoms with Crippen LogP contribution in [0.15, 0.2) is 53.5 Å². The van der Waals surface area contributed by atoms with E-state index in [1.165, 1.54) is 55.5 Å².